The maximum atomic E-state index is 12.0. The topological polar surface area (TPSA) is 87.3 Å². The summed E-state index contributed by atoms with van der Waals surface area (Å²) in [4.78, 5) is 34.8. The van der Waals surface area contributed by atoms with Gasteiger partial charge >= 0.3 is 0 Å². The minimum absolute atomic E-state index is 0.188. The molecule has 3 amide bonds. The van der Waals surface area contributed by atoms with Crippen molar-refractivity contribution in [2.75, 3.05) is 5.32 Å². The highest BCUT2D eigenvalue weighted by molar-refractivity contribution is 14.1. The molecule has 3 N–H and O–H groups in total. The van der Waals surface area contributed by atoms with Crippen LogP contribution in [0, 0.1) is 3.57 Å². The first-order chi connectivity index (χ1) is 11.0. The van der Waals surface area contributed by atoms with Crippen LogP contribution in [0.25, 0.3) is 0 Å². The van der Waals surface area contributed by atoms with Gasteiger partial charge in [-0.2, -0.15) is 0 Å². The van der Waals surface area contributed by atoms with Crippen molar-refractivity contribution in [3.8, 4) is 0 Å². The van der Waals surface area contributed by atoms with Gasteiger partial charge in [0, 0.05) is 27.3 Å². The lowest BCUT2D eigenvalue weighted by molar-refractivity contribution is -0.114. The van der Waals surface area contributed by atoms with Crippen LogP contribution in [0.3, 0.4) is 0 Å². The van der Waals surface area contributed by atoms with Crippen molar-refractivity contribution >= 4 is 46.0 Å². The Labute approximate surface area is 146 Å². The summed E-state index contributed by atoms with van der Waals surface area (Å²) in [5.41, 5.74) is 6.12. The van der Waals surface area contributed by atoms with Crippen LogP contribution in [0.5, 0.6) is 0 Å². The molecule has 0 spiro atoms. The van der Waals surface area contributed by atoms with E-state index in [-0.39, 0.29) is 5.91 Å². The highest BCUT2D eigenvalue weighted by Gasteiger charge is 2.09. The molecule has 2 aromatic rings. The van der Waals surface area contributed by atoms with E-state index in [9.17, 15) is 14.4 Å². The predicted molar refractivity (Wildman–Crippen MR) is 94.8 cm³/mol. The molecule has 118 valence electrons. The van der Waals surface area contributed by atoms with Gasteiger partial charge in [0.05, 0.1) is 0 Å². The molecule has 0 bridgehead atoms. The van der Waals surface area contributed by atoms with E-state index in [4.69, 9.17) is 0 Å². The number of hydrogen-bond donors (Lipinski definition) is 3. The highest BCUT2D eigenvalue weighted by atomic mass is 127. The number of rotatable bonds is 3. The lowest BCUT2D eigenvalue weighted by atomic mass is 10.2. The second-order valence-corrected chi connectivity index (χ2v) is 5.92. The minimum atomic E-state index is -0.446. The molecular formula is C16H14IN3O3. The molecule has 0 aliphatic carbocycles. The van der Waals surface area contributed by atoms with Crippen LogP contribution in [0.4, 0.5) is 5.69 Å². The Morgan fingerprint density at radius 1 is 0.870 bits per heavy atom. The van der Waals surface area contributed by atoms with Crippen LogP contribution in [0.2, 0.25) is 0 Å². The first-order valence-corrected chi connectivity index (χ1v) is 7.77. The van der Waals surface area contributed by atoms with E-state index in [1.54, 1.807) is 42.5 Å². The summed E-state index contributed by atoms with van der Waals surface area (Å²) in [5.74, 6) is -1.03. The maximum Gasteiger partial charge on any atom is 0.269 e. The van der Waals surface area contributed by atoms with Crippen molar-refractivity contribution in [1.29, 1.82) is 0 Å². The number of carbonyl (C=O) groups is 3. The average Bonchev–Trinajstić information content (AvgIpc) is 2.52. The molecule has 2 aromatic carbocycles. The number of carbonyl (C=O) groups excluding carboxylic acids is 3. The second-order valence-electron chi connectivity index (χ2n) is 4.68. The van der Waals surface area contributed by atoms with Crippen molar-refractivity contribution in [2.45, 2.75) is 6.92 Å². The quantitative estimate of drug-likeness (QED) is 0.523. The largest absolute Gasteiger partial charge is 0.326 e. The Morgan fingerprint density at radius 2 is 1.48 bits per heavy atom. The summed E-state index contributed by atoms with van der Waals surface area (Å²) in [6.07, 6.45) is 0. The molecular weight excluding hydrogens is 409 g/mol. The summed E-state index contributed by atoms with van der Waals surface area (Å²) >= 11 is 2.10. The van der Waals surface area contributed by atoms with Gasteiger partial charge in [-0.25, -0.2) is 0 Å². The molecule has 0 heterocycles. The third kappa shape index (κ3) is 5.06. The molecule has 0 unspecified atom stereocenters. The molecule has 0 aromatic heterocycles. The first-order valence-electron chi connectivity index (χ1n) is 6.69. The van der Waals surface area contributed by atoms with Crippen molar-refractivity contribution in [3.63, 3.8) is 0 Å². The number of hydrazine groups is 1. The summed E-state index contributed by atoms with van der Waals surface area (Å²) < 4.78 is 0.926. The molecule has 2 rings (SSSR count). The SMILES string of the molecule is CC(=O)Nc1ccc(C(=O)NNC(=O)c2cccc(I)c2)cc1. The van der Waals surface area contributed by atoms with Gasteiger partial charge in [0.15, 0.2) is 0 Å². The molecule has 0 aliphatic rings. The Bertz CT molecular complexity index is 744. The maximum absolute atomic E-state index is 12.0. The van der Waals surface area contributed by atoms with Gasteiger partial charge in [0.2, 0.25) is 5.91 Å². The van der Waals surface area contributed by atoms with E-state index in [2.05, 4.69) is 38.8 Å². The number of halogens is 1. The standard InChI is InChI=1S/C16H14IN3O3/c1-10(21)18-14-7-5-11(6-8-14)15(22)19-20-16(23)12-3-2-4-13(17)9-12/h2-9H,1H3,(H,18,21)(H,19,22)(H,20,23). The van der Waals surface area contributed by atoms with Gasteiger partial charge in [-0.05, 0) is 65.1 Å². The van der Waals surface area contributed by atoms with Crippen LogP contribution in [0.1, 0.15) is 27.6 Å². The summed E-state index contributed by atoms with van der Waals surface area (Å²) in [6.45, 7) is 1.40. The van der Waals surface area contributed by atoms with Crippen LogP contribution >= 0.6 is 22.6 Å². The normalized spacial score (nSPS) is 9.83. The van der Waals surface area contributed by atoms with E-state index in [0.29, 0.717) is 16.8 Å². The third-order valence-corrected chi connectivity index (χ3v) is 3.51. The van der Waals surface area contributed by atoms with Gasteiger partial charge in [-0.1, -0.05) is 6.07 Å². The van der Waals surface area contributed by atoms with E-state index in [0.717, 1.165) is 3.57 Å². The third-order valence-electron chi connectivity index (χ3n) is 2.84. The number of hydrogen-bond acceptors (Lipinski definition) is 3. The van der Waals surface area contributed by atoms with Crippen molar-refractivity contribution < 1.29 is 14.4 Å². The molecule has 0 aliphatic heterocycles. The monoisotopic (exact) mass is 423 g/mol. The molecule has 7 heteroatoms. The van der Waals surface area contributed by atoms with Crippen LogP contribution in [0.15, 0.2) is 48.5 Å². The molecule has 6 nitrogen and oxygen atoms in total. The number of nitrogens with one attached hydrogen (secondary N) is 3. The molecule has 0 fully saturated rings. The van der Waals surface area contributed by atoms with E-state index >= 15 is 0 Å². The van der Waals surface area contributed by atoms with Crippen LogP contribution in [-0.4, -0.2) is 17.7 Å². The van der Waals surface area contributed by atoms with Gasteiger partial charge in [-0.15, -0.1) is 0 Å². The molecule has 0 atom stereocenters. The zero-order valence-electron chi connectivity index (χ0n) is 12.2. The lowest BCUT2D eigenvalue weighted by Gasteiger charge is -2.08. The Morgan fingerprint density at radius 3 is 2.04 bits per heavy atom. The Hall–Kier alpha value is -2.42. The Kier molecular flexibility index (Phi) is 5.69. The number of anilines is 1. The lowest BCUT2D eigenvalue weighted by Crippen LogP contribution is -2.41. The van der Waals surface area contributed by atoms with Gasteiger partial charge in [-0.3, -0.25) is 25.2 Å². The van der Waals surface area contributed by atoms with Crippen molar-refractivity contribution in [1.82, 2.24) is 10.9 Å². The number of amides is 3. The van der Waals surface area contributed by atoms with Crippen molar-refractivity contribution in [3.05, 3.63) is 63.2 Å². The molecule has 0 saturated heterocycles. The first kappa shape index (κ1) is 16.9. The fourth-order valence-corrected chi connectivity index (χ4v) is 2.34. The van der Waals surface area contributed by atoms with E-state index < -0.39 is 11.8 Å². The van der Waals surface area contributed by atoms with E-state index in [1.165, 1.54) is 6.92 Å². The summed E-state index contributed by atoms with van der Waals surface area (Å²) in [6, 6.07) is 13.3. The summed E-state index contributed by atoms with van der Waals surface area (Å²) in [7, 11) is 0. The van der Waals surface area contributed by atoms with Gasteiger partial charge in [0.1, 0.15) is 0 Å². The zero-order valence-corrected chi connectivity index (χ0v) is 14.4. The average molecular weight is 423 g/mol. The zero-order chi connectivity index (χ0) is 16.8. The van der Waals surface area contributed by atoms with Crippen LogP contribution < -0.4 is 16.2 Å². The highest BCUT2D eigenvalue weighted by Crippen LogP contribution is 2.09. The predicted octanol–water partition coefficient (Wildman–Crippen LogP) is 2.32. The van der Waals surface area contributed by atoms with Gasteiger partial charge in [0.25, 0.3) is 11.8 Å². The molecule has 0 radical (unpaired) electrons. The molecule has 23 heavy (non-hydrogen) atoms. The minimum Gasteiger partial charge on any atom is -0.326 e. The van der Waals surface area contributed by atoms with Crippen LogP contribution in [-0.2, 0) is 4.79 Å². The summed E-state index contributed by atoms with van der Waals surface area (Å²) in [5, 5.41) is 2.61. The molecule has 0 saturated carbocycles. The van der Waals surface area contributed by atoms with Gasteiger partial charge < -0.3 is 5.32 Å². The smallest absolute Gasteiger partial charge is 0.269 e. The second kappa shape index (κ2) is 7.73. The van der Waals surface area contributed by atoms with E-state index in [1.807, 2.05) is 6.07 Å². The fraction of sp³-hybridized carbons (Fsp3) is 0.0625. The number of benzene rings is 2. The van der Waals surface area contributed by atoms with Crippen molar-refractivity contribution in [2.24, 2.45) is 0 Å². The Balaban J connectivity index is 1.94. The fourth-order valence-electron chi connectivity index (χ4n) is 1.80.